The zero-order valence-corrected chi connectivity index (χ0v) is 15.7. The third-order valence-corrected chi connectivity index (χ3v) is 5.97. The van der Waals surface area contributed by atoms with E-state index >= 15 is 0 Å². The van der Waals surface area contributed by atoms with Crippen LogP contribution in [-0.4, -0.2) is 32.9 Å². The largest absolute Gasteiger partial charge is 0.497 e. The molecule has 1 heterocycles. The van der Waals surface area contributed by atoms with Crippen molar-refractivity contribution in [2.45, 2.75) is 31.3 Å². The fourth-order valence-corrected chi connectivity index (χ4v) is 4.04. The quantitative estimate of drug-likeness (QED) is 0.869. The van der Waals surface area contributed by atoms with Crippen molar-refractivity contribution < 1.29 is 17.9 Å². The van der Waals surface area contributed by atoms with Crippen molar-refractivity contribution >= 4 is 15.9 Å². The zero-order chi connectivity index (χ0) is 18.7. The predicted octanol–water partition coefficient (Wildman–Crippen LogP) is 2.08. The van der Waals surface area contributed by atoms with Gasteiger partial charge in [0, 0.05) is 26.6 Å². The highest BCUT2D eigenvalue weighted by Gasteiger charge is 2.21. The summed E-state index contributed by atoms with van der Waals surface area (Å²) in [6, 6.07) is 12.4. The third-order valence-electron chi connectivity index (χ3n) is 4.57. The normalized spacial score (nSPS) is 14.0. The summed E-state index contributed by atoms with van der Waals surface area (Å²) in [7, 11) is -2.05. The number of ether oxygens (including phenoxy) is 1. The van der Waals surface area contributed by atoms with E-state index in [9.17, 15) is 13.2 Å². The van der Waals surface area contributed by atoms with Gasteiger partial charge < -0.3 is 9.64 Å². The smallest absolute Gasteiger partial charge is 0.240 e. The van der Waals surface area contributed by atoms with Crippen LogP contribution in [0.25, 0.3) is 0 Å². The molecule has 0 saturated heterocycles. The summed E-state index contributed by atoms with van der Waals surface area (Å²) in [4.78, 5) is 13.5. The summed E-state index contributed by atoms with van der Waals surface area (Å²) in [5, 5.41) is 0. The number of fused-ring (bicyclic) bond motifs is 1. The molecule has 1 amide bonds. The molecule has 0 radical (unpaired) electrons. The second-order valence-electron chi connectivity index (χ2n) is 6.29. The van der Waals surface area contributed by atoms with Crippen molar-refractivity contribution in [1.82, 2.24) is 9.62 Å². The highest BCUT2D eigenvalue weighted by molar-refractivity contribution is 7.89. The van der Waals surface area contributed by atoms with Crippen LogP contribution >= 0.6 is 0 Å². The van der Waals surface area contributed by atoms with E-state index in [-0.39, 0.29) is 17.3 Å². The van der Waals surface area contributed by atoms with Crippen LogP contribution in [0, 0.1) is 0 Å². The Morgan fingerprint density at radius 2 is 1.88 bits per heavy atom. The van der Waals surface area contributed by atoms with Crippen molar-refractivity contribution in [3.8, 4) is 5.75 Å². The molecule has 0 saturated carbocycles. The van der Waals surface area contributed by atoms with Gasteiger partial charge in [-0.2, -0.15) is 0 Å². The number of methoxy groups -OCH3 is 1. The lowest BCUT2D eigenvalue weighted by atomic mass is 10.00. The van der Waals surface area contributed by atoms with Crippen LogP contribution < -0.4 is 9.46 Å². The van der Waals surface area contributed by atoms with E-state index in [0.717, 1.165) is 28.9 Å². The molecule has 0 bridgehead atoms. The fraction of sp³-hybridized carbons (Fsp3) is 0.316. The van der Waals surface area contributed by atoms with Gasteiger partial charge in [0.15, 0.2) is 0 Å². The van der Waals surface area contributed by atoms with Gasteiger partial charge in [-0.15, -0.1) is 0 Å². The monoisotopic (exact) mass is 374 g/mol. The van der Waals surface area contributed by atoms with Crippen LogP contribution in [0.5, 0.6) is 5.75 Å². The molecule has 138 valence electrons. The lowest BCUT2D eigenvalue weighted by Crippen LogP contribution is -2.34. The molecule has 2 aromatic rings. The van der Waals surface area contributed by atoms with Crippen LogP contribution in [0.4, 0.5) is 0 Å². The fourth-order valence-electron chi connectivity index (χ4n) is 2.97. The molecule has 0 unspecified atom stereocenters. The van der Waals surface area contributed by atoms with Gasteiger partial charge in [0.2, 0.25) is 15.9 Å². The first-order valence-corrected chi connectivity index (χ1v) is 9.87. The second kappa shape index (κ2) is 7.47. The predicted molar refractivity (Wildman–Crippen MR) is 98.3 cm³/mol. The minimum absolute atomic E-state index is 0.00143. The molecule has 6 nitrogen and oxygen atoms in total. The average molecular weight is 374 g/mol. The summed E-state index contributed by atoms with van der Waals surface area (Å²) >= 11 is 0. The van der Waals surface area contributed by atoms with E-state index in [1.165, 1.54) is 6.92 Å². The molecular weight excluding hydrogens is 352 g/mol. The standard InChI is InChI=1S/C19H22N2O4S/c1-14(22)21-10-9-16-5-8-19(11-17(16)13-21)26(23,24)20-12-15-3-6-18(25-2)7-4-15/h3-8,11,20H,9-10,12-13H2,1-2H3. The van der Waals surface area contributed by atoms with Gasteiger partial charge in [-0.25, -0.2) is 13.1 Å². The molecule has 0 aromatic heterocycles. The number of amides is 1. The van der Waals surface area contributed by atoms with Gasteiger partial charge in [-0.3, -0.25) is 4.79 Å². The topological polar surface area (TPSA) is 75.7 Å². The van der Waals surface area contributed by atoms with Gasteiger partial charge >= 0.3 is 0 Å². The Morgan fingerprint density at radius 1 is 1.15 bits per heavy atom. The number of rotatable bonds is 5. The van der Waals surface area contributed by atoms with Gasteiger partial charge in [-0.1, -0.05) is 18.2 Å². The number of sulfonamides is 1. The summed E-state index contributed by atoms with van der Waals surface area (Å²) in [5.74, 6) is 0.725. The zero-order valence-electron chi connectivity index (χ0n) is 14.9. The third kappa shape index (κ3) is 4.05. The van der Waals surface area contributed by atoms with E-state index < -0.39 is 10.0 Å². The Morgan fingerprint density at radius 3 is 2.54 bits per heavy atom. The Labute approximate surface area is 153 Å². The lowest BCUT2D eigenvalue weighted by Gasteiger charge is -2.28. The van der Waals surface area contributed by atoms with Crippen molar-refractivity contribution in [1.29, 1.82) is 0 Å². The summed E-state index contributed by atoms with van der Waals surface area (Å²) in [5.41, 5.74) is 2.82. The van der Waals surface area contributed by atoms with Gasteiger partial charge in [0.1, 0.15) is 5.75 Å². The molecule has 1 aliphatic rings. The highest BCUT2D eigenvalue weighted by atomic mass is 32.2. The summed E-state index contributed by atoms with van der Waals surface area (Å²) in [6.45, 7) is 2.85. The molecule has 0 aliphatic carbocycles. The summed E-state index contributed by atoms with van der Waals surface area (Å²) in [6.07, 6.45) is 0.745. The molecule has 3 rings (SSSR count). The first-order valence-electron chi connectivity index (χ1n) is 8.39. The van der Waals surface area contributed by atoms with Crippen LogP contribution in [-0.2, 0) is 34.3 Å². The maximum absolute atomic E-state index is 12.6. The van der Waals surface area contributed by atoms with Crippen molar-refractivity contribution in [2.75, 3.05) is 13.7 Å². The van der Waals surface area contributed by atoms with Crippen molar-refractivity contribution in [2.24, 2.45) is 0 Å². The molecule has 0 fully saturated rings. The van der Waals surface area contributed by atoms with E-state index in [4.69, 9.17) is 4.74 Å². The maximum Gasteiger partial charge on any atom is 0.240 e. The number of carbonyl (C=O) groups excluding carboxylic acids is 1. The molecule has 1 aliphatic heterocycles. The molecular formula is C19H22N2O4S. The van der Waals surface area contributed by atoms with E-state index in [2.05, 4.69) is 4.72 Å². The van der Waals surface area contributed by atoms with Crippen LogP contribution in [0.15, 0.2) is 47.4 Å². The van der Waals surface area contributed by atoms with E-state index in [1.807, 2.05) is 18.2 Å². The van der Waals surface area contributed by atoms with Crippen molar-refractivity contribution in [3.63, 3.8) is 0 Å². The van der Waals surface area contributed by atoms with E-state index in [0.29, 0.717) is 13.1 Å². The van der Waals surface area contributed by atoms with Crippen molar-refractivity contribution in [3.05, 3.63) is 59.2 Å². The minimum Gasteiger partial charge on any atom is -0.497 e. The highest BCUT2D eigenvalue weighted by Crippen LogP contribution is 2.23. The van der Waals surface area contributed by atoms with Crippen LogP contribution in [0.2, 0.25) is 0 Å². The number of carbonyl (C=O) groups is 1. The lowest BCUT2D eigenvalue weighted by molar-refractivity contribution is -0.129. The molecule has 2 aromatic carbocycles. The number of hydrogen-bond donors (Lipinski definition) is 1. The summed E-state index contributed by atoms with van der Waals surface area (Å²) < 4.78 is 32.9. The molecule has 26 heavy (non-hydrogen) atoms. The van der Waals surface area contributed by atoms with E-state index in [1.54, 1.807) is 36.3 Å². The van der Waals surface area contributed by atoms with Gasteiger partial charge in [0.25, 0.3) is 0 Å². The Bertz CT molecular complexity index is 908. The SMILES string of the molecule is COc1ccc(CNS(=O)(=O)c2ccc3c(c2)CN(C(C)=O)CC3)cc1. The Balaban J connectivity index is 1.74. The van der Waals surface area contributed by atoms with Gasteiger partial charge in [0.05, 0.1) is 12.0 Å². The minimum atomic E-state index is -3.63. The average Bonchev–Trinajstić information content (AvgIpc) is 2.66. The number of nitrogens with one attached hydrogen (secondary N) is 1. The molecule has 0 spiro atoms. The van der Waals surface area contributed by atoms with Crippen LogP contribution in [0.1, 0.15) is 23.6 Å². The maximum atomic E-state index is 12.6. The first kappa shape index (κ1) is 18.4. The Hall–Kier alpha value is -2.38. The Kier molecular flexibility index (Phi) is 5.29. The molecule has 0 atom stereocenters. The number of nitrogens with zero attached hydrogens (tertiary/aromatic N) is 1. The molecule has 7 heteroatoms. The van der Waals surface area contributed by atoms with Gasteiger partial charge in [-0.05, 0) is 47.4 Å². The second-order valence-corrected chi connectivity index (χ2v) is 8.06. The number of benzene rings is 2. The first-order chi connectivity index (χ1) is 12.4. The molecule has 1 N–H and O–H groups in total. The van der Waals surface area contributed by atoms with Crippen LogP contribution in [0.3, 0.4) is 0 Å². The number of hydrogen-bond acceptors (Lipinski definition) is 4.